The van der Waals surface area contributed by atoms with Gasteiger partial charge in [0.1, 0.15) is 8.07 Å². The van der Waals surface area contributed by atoms with Crippen LogP contribution in [0.3, 0.4) is 0 Å². The summed E-state index contributed by atoms with van der Waals surface area (Å²) in [7, 11) is -1.25. The molecule has 1 nitrogen and oxygen atoms in total. The topological polar surface area (TPSA) is 20.2 Å². The Balaban J connectivity index is 3.78. The zero-order valence-corrected chi connectivity index (χ0v) is 9.22. The summed E-state index contributed by atoms with van der Waals surface area (Å²) in [6.07, 6.45) is 2.61. The summed E-state index contributed by atoms with van der Waals surface area (Å²) in [5.74, 6) is 3.02. The van der Waals surface area contributed by atoms with Gasteiger partial charge in [0, 0.05) is 6.42 Å². The zero-order valence-electron chi connectivity index (χ0n) is 8.22. The maximum atomic E-state index is 9.29. The number of hydrogen-bond donors (Lipinski definition) is 1. The molecule has 0 aliphatic heterocycles. The highest BCUT2D eigenvalue weighted by atomic mass is 28.3. The van der Waals surface area contributed by atoms with Crippen LogP contribution in [0.15, 0.2) is 12.7 Å². The van der Waals surface area contributed by atoms with Gasteiger partial charge in [-0.3, -0.25) is 0 Å². The molecule has 0 spiro atoms. The molecule has 0 aromatic carbocycles. The molecule has 68 valence electrons. The Kier molecular flexibility index (Phi) is 4.95. The van der Waals surface area contributed by atoms with Crippen molar-refractivity contribution in [2.45, 2.75) is 38.6 Å². The van der Waals surface area contributed by atoms with E-state index in [1.807, 2.05) is 0 Å². The average molecular weight is 182 g/mol. The van der Waals surface area contributed by atoms with Gasteiger partial charge in [-0.05, 0) is 6.42 Å². The lowest BCUT2D eigenvalue weighted by molar-refractivity contribution is 0.184. The molecule has 0 heterocycles. The van der Waals surface area contributed by atoms with E-state index in [4.69, 9.17) is 0 Å². The first-order valence-corrected chi connectivity index (χ1v) is 7.74. The minimum atomic E-state index is -1.25. The lowest BCUT2D eigenvalue weighted by Gasteiger charge is -2.05. The summed E-state index contributed by atoms with van der Waals surface area (Å²) in [4.78, 5) is 0. The summed E-state index contributed by atoms with van der Waals surface area (Å²) in [5, 5.41) is 9.29. The maximum Gasteiger partial charge on any atom is 0.129 e. The first-order chi connectivity index (χ1) is 5.45. The van der Waals surface area contributed by atoms with Crippen molar-refractivity contribution in [3.05, 3.63) is 12.7 Å². The summed E-state index contributed by atoms with van der Waals surface area (Å²) in [6, 6.07) is 0. The SMILES string of the molecule is C=CC[C@H](O)CC#C[Si](C)(C)C. The van der Waals surface area contributed by atoms with Crippen molar-refractivity contribution in [2.75, 3.05) is 0 Å². The van der Waals surface area contributed by atoms with Crippen LogP contribution < -0.4 is 0 Å². The molecule has 0 saturated heterocycles. The van der Waals surface area contributed by atoms with Gasteiger partial charge in [-0.25, -0.2) is 0 Å². The molecule has 0 aromatic heterocycles. The predicted molar refractivity (Wildman–Crippen MR) is 56.6 cm³/mol. The minimum absolute atomic E-state index is 0.327. The third kappa shape index (κ3) is 7.58. The Labute approximate surface area is 76.5 Å². The van der Waals surface area contributed by atoms with Crippen molar-refractivity contribution >= 4 is 8.07 Å². The molecule has 0 unspecified atom stereocenters. The van der Waals surface area contributed by atoms with Gasteiger partial charge in [0.15, 0.2) is 0 Å². The Morgan fingerprint density at radius 1 is 1.50 bits per heavy atom. The second-order valence-corrected chi connectivity index (χ2v) is 8.68. The van der Waals surface area contributed by atoms with Crippen LogP contribution in [0.1, 0.15) is 12.8 Å². The van der Waals surface area contributed by atoms with Gasteiger partial charge < -0.3 is 5.11 Å². The van der Waals surface area contributed by atoms with Crippen LogP contribution in [0, 0.1) is 11.5 Å². The summed E-state index contributed by atoms with van der Waals surface area (Å²) in [6.45, 7) is 10.1. The molecule has 0 aliphatic carbocycles. The fourth-order valence-electron chi connectivity index (χ4n) is 0.710. The van der Waals surface area contributed by atoms with E-state index < -0.39 is 8.07 Å². The summed E-state index contributed by atoms with van der Waals surface area (Å²) < 4.78 is 0. The van der Waals surface area contributed by atoms with Crippen LogP contribution in [0.5, 0.6) is 0 Å². The Morgan fingerprint density at radius 3 is 2.50 bits per heavy atom. The van der Waals surface area contributed by atoms with Gasteiger partial charge in [0.25, 0.3) is 0 Å². The second kappa shape index (κ2) is 5.18. The molecule has 0 rings (SSSR count). The van der Waals surface area contributed by atoms with Gasteiger partial charge in [-0.1, -0.05) is 25.7 Å². The van der Waals surface area contributed by atoms with Crippen molar-refractivity contribution in [2.24, 2.45) is 0 Å². The predicted octanol–water partition coefficient (Wildman–Crippen LogP) is 2.19. The quantitative estimate of drug-likeness (QED) is 0.403. The largest absolute Gasteiger partial charge is 0.392 e. The van der Waals surface area contributed by atoms with E-state index in [0.717, 1.165) is 0 Å². The fourth-order valence-corrected chi connectivity index (χ4v) is 1.34. The standard InChI is InChI=1S/C10H18OSi/c1-5-7-10(11)8-6-9-12(2,3)4/h5,10-11H,1,7-8H2,2-4H3/t10-/m0/s1. The molecule has 0 fully saturated rings. The van der Waals surface area contributed by atoms with Gasteiger partial charge in [-0.15, -0.1) is 18.0 Å². The van der Waals surface area contributed by atoms with Crippen LogP contribution in [0.4, 0.5) is 0 Å². The first kappa shape index (κ1) is 11.5. The van der Waals surface area contributed by atoms with E-state index in [1.54, 1.807) is 6.08 Å². The van der Waals surface area contributed by atoms with Crippen LogP contribution in [0.2, 0.25) is 19.6 Å². The Morgan fingerprint density at radius 2 is 2.08 bits per heavy atom. The summed E-state index contributed by atoms with van der Waals surface area (Å²) >= 11 is 0. The third-order valence-electron chi connectivity index (χ3n) is 1.24. The average Bonchev–Trinajstić information content (AvgIpc) is 1.84. The van der Waals surface area contributed by atoms with Crippen molar-refractivity contribution in [1.82, 2.24) is 0 Å². The molecule has 0 saturated carbocycles. The molecule has 0 aromatic rings. The molecule has 0 aliphatic rings. The maximum absolute atomic E-state index is 9.29. The van der Waals surface area contributed by atoms with Gasteiger partial charge >= 0.3 is 0 Å². The van der Waals surface area contributed by atoms with Crippen LogP contribution >= 0.6 is 0 Å². The Hall–Kier alpha value is -0.523. The molecule has 0 radical (unpaired) electrons. The molecular weight excluding hydrogens is 164 g/mol. The molecule has 0 amide bonds. The van der Waals surface area contributed by atoms with Crippen LogP contribution in [0.25, 0.3) is 0 Å². The van der Waals surface area contributed by atoms with E-state index in [1.165, 1.54) is 0 Å². The monoisotopic (exact) mass is 182 g/mol. The van der Waals surface area contributed by atoms with Crippen molar-refractivity contribution in [3.63, 3.8) is 0 Å². The zero-order chi connectivity index (χ0) is 9.61. The van der Waals surface area contributed by atoms with E-state index in [2.05, 4.69) is 37.7 Å². The molecule has 12 heavy (non-hydrogen) atoms. The highest BCUT2D eigenvalue weighted by Crippen LogP contribution is 1.99. The van der Waals surface area contributed by atoms with Gasteiger partial charge in [-0.2, -0.15) is 0 Å². The number of hydrogen-bond acceptors (Lipinski definition) is 1. The lowest BCUT2D eigenvalue weighted by atomic mass is 10.2. The smallest absolute Gasteiger partial charge is 0.129 e. The van der Waals surface area contributed by atoms with Crippen molar-refractivity contribution in [1.29, 1.82) is 0 Å². The fraction of sp³-hybridized carbons (Fsp3) is 0.600. The van der Waals surface area contributed by atoms with E-state index >= 15 is 0 Å². The van der Waals surface area contributed by atoms with Crippen molar-refractivity contribution < 1.29 is 5.11 Å². The molecule has 0 bridgehead atoms. The lowest BCUT2D eigenvalue weighted by Crippen LogP contribution is -2.16. The van der Waals surface area contributed by atoms with Gasteiger partial charge in [0.05, 0.1) is 6.10 Å². The van der Waals surface area contributed by atoms with E-state index in [-0.39, 0.29) is 6.10 Å². The summed E-state index contributed by atoms with van der Waals surface area (Å²) in [5.41, 5.74) is 3.21. The minimum Gasteiger partial charge on any atom is -0.392 e. The second-order valence-electron chi connectivity index (χ2n) is 3.93. The molecule has 2 heteroatoms. The van der Waals surface area contributed by atoms with Gasteiger partial charge in [0.2, 0.25) is 0 Å². The molecule has 1 N–H and O–H groups in total. The third-order valence-corrected chi connectivity index (χ3v) is 2.17. The van der Waals surface area contributed by atoms with Crippen LogP contribution in [-0.4, -0.2) is 19.3 Å². The molecule has 1 atom stereocenters. The normalized spacial score (nSPS) is 13.0. The van der Waals surface area contributed by atoms with Crippen molar-refractivity contribution in [3.8, 4) is 11.5 Å². The highest BCUT2D eigenvalue weighted by molar-refractivity contribution is 6.83. The van der Waals surface area contributed by atoms with E-state index in [9.17, 15) is 5.11 Å². The van der Waals surface area contributed by atoms with E-state index in [0.29, 0.717) is 12.8 Å². The Bertz CT molecular complexity index is 192. The first-order valence-electron chi connectivity index (χ1n) is 4.24. The number of aliphatic hydroxyl groups is 1. The highest BCUT2D eigenvalue weighted by Gasteiger charge is 2.07. The number of aliphatic hydroxyl groups excluding tert-OH is 1. The number of rotatable bonds is 3. The molecular formula is C10H18OSi. The van der Waals surface area contributed by atoms with Crippen LogP contribution in [-0.2, 0) is 0 Å².